The van der Waals surface area contributed by atoms with Gasteiger partial charge in [0.25, 0.3) is 20.3 Å². The number of benzene rings is 2. The molecule has 3 rings (SSSR count). The van der Waals surface area contributed by atoms with Crippen LogP contribution in [0.5, 0.6) is 5.75 Å². The summed E-state index contributed by atoms with van der Waals surface area (Å²) in [5.74, 6) is 0.0113. The molecule has 8 nitrogen and oxygen atoms in total. The molecule has 29 heavy (non-hydrogen) atoms. The van der Waals surface area contributed by atoms with Gasteiger partial charge in [-0.05, 0) is 45.0 Å². The maximum absolute atomic E-state index is 12.7. The third-order valence-electron chi connectivity index (χ3n) is 3.66. The molecule has 0 aliphatic heterocycles. The Labute approximate surface area is 173 Å². The molecule has 0 saturated heterocycles. The highest BCUT2D eigenvalue weighted by Crippen LogP contribution is 2.29. The molecule has 0 aliphatic rings. The summed E-state index contributed by atoms with van der Waals surface area (Å²) in [5.41, 5.74) is 1.76. The summed E-state index contributed by atoms with van der Waals surface area (Å²) in [6.07, 6.45) is -0.120. The standard InChI is InChI=1S/C19H20N4O4S2/c1-12(2)27-16-7-5-4-6-15(16)23-29(25,26)19-22-21-18(28-19)20-17(24)14-10-8-13(3)9-11-14/h4-12,23H,1-3H3,(H,20,21,24). The number of sulfonamides is 1. The summed E-state index contributed by atoms with van der Waals surface area (Å²) >= 11 is 0.760. The third kappa shape index (κ3) is 5.30. The van der Waals surface area contributed by atoms with Gasteiger partial charge in [0.2, 0.25) is 5.13 Å². The van der Waals surface area contributed by atoms with E-state index in [9.17, 15) is 13.2 Å². The maximum Gasteiger partial charge on any atom is 0.291 e. The number of aromatic nitrogens is 2. The van der Waals surface area contributed by atoms with E-state index in [0.29, 0.717) is 17.0 Å². The largest absolute Gasteiger partial charge is 0.489 e. The van der Waals surface area contributed by atoms with Gasteiger partial charge in [0.1, 0.15) is 5.75 Å². The van der Waals surface area contributed by atoms with E-state index in [-0.39, 0.29) is 15.6 Å². The first-order chi connectivity index (χ1) is 13.7. The first kappa shape index (κ1) is 20.7. The van der Waals surface area contributed by atoms with Crippen molar-refractivity contribution in [1.29, 1.82) is 0 Å². The summed E-state index contributed by atoms with van der Waals surface area (Å²) in [6.45, 7) is 5.61. The van der Waals surface area contributed by atoms with Gasteiger partial charge >= 0.3 is 0 Å². The van der Waals surface area contributed by atoms with E-state index in [1.165, 1.54) is 0 Å². The Balaban J connectivity index is 1.75. The lowest BCUT2D eigenvalue weighted by atomic mass is 10.1. The summed E-state index contributed by atoms with van der Waals surface area (Å²) in [7, 11) is -3.99. The van der Waals surface area contributed by atoms with Gasteiger partial charge in [0.05, 0.1) is 11.8 Å². The zero-order valence-corrected chi connectivity index (χ0v) is 17.7. The third-order valence-corrected chi connectivity index (χ3v) is 6.24. The predicted molar refractivity (Wildman–Crippen MR) is 112 cm³/mol. The topological polar surface area (TPSA) is 110 Å². The smallest absolute Gasteiger partial charge is 0.291 e. The number of carbonyl (C=O) groups excluding carboxylic acids is 1. The fourth-order valence-corrected chi connectivity index (χ4v) is 4.31. The van der Waals surface area contributed by atoms with Crippen molar-refractivity contribution in [2.24, 2.45) is 0 Å². The average molecular weight is 433 g/mol. The number of nitrogens with zero attached hydrogens (tertiary/aromatic N) is 2. The molecule has 0 fully saturated rings. The quantitative estimate of drug-likeness (QED) is 0.551. The molecular formula is C19H20N4O4S2. The van der Waals surface area contributed by atoms with E-state index in [2.05, 4.69) is 20.2 Å². The fourth-order valence-electron chi connectivity index (χ4n) is 2.34. The minimum absolute atomic E-state index is 0.0858. The molecular weight excluding hydrogens is 412 g/mol. The number of para-hydroxylation sites is 2. The van der Waals surface area contributed by atoms with Crippen LogP contribution in [0.1, 0.15) is 29.8 Å². The van der Waals surface area contributed by atoms with Crippen LogP contribution in [0.4, 0.5) is 10.8 Å². The van der Waals surface area contributed by atoms with E-state index in [4.69, 9.17) is 4.74 Å². The summed E-state index contributed by atoms with van der Waals surface area (Å²) in [6, 6.07) is 13.7. The monoisotopic (exact) mass is 432 g/mol. The molecule has 0 spiro atoms. The number of rotatable bonds is 7. The number of aryl methyl sites for hydroxylation is 1. The van der Waals surface area contributed by atoms with Crippen LogP contribution in [0, 0.1) is 6.92 Å². The molecule has 1 amide bonds. The maximum atomic E-state index is 12.7. The first-order valence-corrected chi connectivity index (χ1v) is 11.0. The van der Waals surface area contributed by atoms with Crippen molar-refractivity contribution in [3.8, 4) is 5.75 Å². The van der Waals surface area contributed by atoms with Crippen molar-refractivity contribution in [3.63, 3.8) is 0 Å². The molecule has 0 unspecified atom stereocenters. The summed E-state index contributed by atoms with van der Waals surface area (Å²) in [5, 5.41) is 10.1. The van der Waals surface area contributed by atoms with E-state index in [1.807, 2.05) is 32.9 Å². The van der Waals surface area contributed by atoms with Crippen molar-refractivity contribution in [1.82, 2.24) is 10.2 Å². The minimum Gasteiger partial charge on any atom is -0.489 e. The van der Waals surface area contributed by atoms with E-state index in [1.54, 1.807) is 36.4 Å². The summed E-state index contributed by atoms with van der Waals surface area (Å²) in [4.78, 5) is 12.3. The lowest BCUT2D eigenvalue weighted by Gasteiger charge is -2.14. The molecule has 0 radical (unpaired) electrons. The number of hydrogen-bond acceptors (Lipinski definition) is 7. The lowest BCUT2D eigenvalue weighted by Crippen LogP contribution is -2.15. The van der Waals surface area contributed by atoms with Crippen molar-refractivity contribution >= 4 is 38.1 Å². The fraction of sp³-hybridized carbons (Fsp3) is 0.211. The second kappa shape index (κ2) is 8.58. The number of ether oxygens (including phenoxy) is 1. The van der Waals surface area contributed by atoms with Gasteiger partial charge in [-0.15, -0.1) is 10.2 Å². The highest BCUT2D eigenvalue weighted by molar-refractivity contribution is 7.94. The van der Waals surface area contributed by atoms with E-state index in [0.717, 1.165) is 16.9 Å². The molecule has 2 aromatic carbocycles. The molecule has 1 aromatic heterocycles. The van der Waals surface area contributed by atoms with Crippen LogP contribution in [0.15, 0.2) is 52.9 Å². The molecule has 0 saturated carbocycles. The second-order valence-electron chi connectivity index (χ2n) is 6.46. The Morgan fingerprint density at radius 2 is 1.76 bits per heavy atom. The zero-order chi connectivity index (χ0) is 21.0. The van der Waals surface area contributed by atoms with Crippen molar-refractivity contribution in [2.45, 2.75) is 31.2 Å². The van der Waals surface area contributed by atoms with Crippen LogP contribution in [0.3, 0.4) is 0 Å². The lowest BCUT2D eigenvalue weighted by molar-refractivity contribution is 0.102. The Kier molecular flexibility index (Phi) is 6.14. The van der Waals surface area contributed by atoms with Gasteiger partial charge in [-0.3, -0.25) is 14.8 Å². The van der Waals surface area contributed by atoms with E-state index >= 15 is 0 Å². The normalized spacial score (nSPS) is 11.3. The Hall–Kier alpha value is -2.98. The van der Waals surface area contributed by atoms with Crippen LogP contribution >= 0.6 is 11.3 Å². The van der Waals surface area contributed by atoms with Gasteiger partial charge in [-0.2, -0.15) is 8.42 Å². The number of hydrogen-bond donors (Lipinski definition) is 2. The SMILES string of the molecule is Cc1ccc(C(=O)Nc2nnc(S(=O)(=O)Nc3ccccc3OC(C)C)s2)cc1. The molecule has 10 heteroatoms. The van der Waals surface area contributed by atoms with Crippen molar-refractivity contribution in [3.05, 3.63) is 59.7 Å². The average Bonchev–Trinajstić information content (AvgIpc) is 3.13. The van der Waals surface area contributed by atoms with Crippen molar-refractivity contribution in [2.75, 3.05) is 10.0 Å². The van der Waals surface area contributed by atoms with Gasteiger partial charge in [0.15, 0.2) is 0 Å². The number of anilines is 2. The highest BCUT2D eigenvalue weighted by Gasteiger charge is 2.23. The van der Waals surface area contributed by atoms with Crippen LogP contribution in [0.25, 0.3) is 0 Å². The predicted octanol–water partition coefficient (Wildman–Crippen LogP) is 3.69. The van der Waals surface area contributed by atoms with E-state index < -0.39 is 15.9 Å². The molecule has 1 heterocycles. The molecule has 3 aromatic rings. The first-order valence-electron chi connectivity index (χ1n) is 8.74. The molecule has 0 atom stereocenters. The van der Waals surface area contributed by atoms with Gasteiger partial charge in [-0.1, -0.05) is 41.2 Å². The van der Waals surface area contributed by atoms with Crippen LogP contribution in [-0.2, 0) is 10.0 Å². The zero-order valence-electron chi connectivity index (χ0n) is 16.0. The Bertz CT molecular complexity index is 1110. The van der Waals surface area contributed by atoms with Crippen LogP contribution < -0.4 is 14.8 Å². The Morgan fingerprint density at radius 3 is 2.45 bits per heavy atom. The highest BCUT2D eigenvalue weighted by atomic mass is 32.2. The Morgan fingerprint density at radius 1 is 1.07 bits per heavy atom. The van der Waals surface area contributed by atoms with Crippen LogP contribution in [0.2, 0.25) is 0 Å². The molecule has 2 N–H and O–H groups in total. The molecule has 0 aliphatic carbocycles. The number of carbonyl (C=O) groups is 1. The van der Waals surface area contributed by atoms with Gasteiger partial charge in [0, 0.05) is 5.56 Å². The molecule has 0 bridgehead atoms. The van der Waals surface area contributed by atoms with Crippen LogP contribution in [-0.4, -0.2) is 30.6 Å². The van der Waals surface area contributed by atoms with Crippen molar-refractivity contribution < 1.29 is 17.9 Å². The van der Waals surface area contributed by atoms with Gasteiger partial charge in [-0.25, -0.2) is 0 Å². The number of amides is 1. The number of nitrogens with one attached hydrogen (secondary N) is 2. The summed E-state index contributed by atoms with van der Waals surface area (Å²) < 4.78 is 33.2. The second-order valence-corrected chi connectivity index (χ2v) is 9.30. The molecule has 152 valence electrons. The van der Waals surface area contributed by atoms with Gasteiger partial charge < -0.3 is 4.74 Å². The minimum atomic E-state index is -3.99.